The van der Waals surface area contributed by atoms with E-state index >= 15 is 0 Å². The molecule has 144 valence electrons. The Morgan fingerprint density at radius 2 is 1.96 bits per heavy atom. The number of imidazole rings is 1. The number of aliphatic hydroxyl groups excluding tert-OH is 1. The number of fused-ring (bicyclic) bond motifs is 1. The number of ether oxygens (including phenoxy) is 3. The normalized spacial score (nSPS) is 26.3. The van der Waals surface area contributed by atoms with E-state index in [1.165, 1.54) is 0 Å². The molecule has 0 unspecified atom stereocenters. The molecule has 4 heterocycles. The van der Waals surface area contributed by atoms with Gasteiger partial charge in [-0.25, -0.2) is 4.98 Å². The molecule has 3 aromatic rings. The number of benzene rings is 1. The monoisotopic (exact) mass is 379 g/mol. The lowest BCUT2D eigenvalue weighted by atomic mass is 10.1. The Morgan fingerprint density at radius 3 is 2.86 bits per heavy atom. The highest BCUT2D eigenvalue weighted by Crippen LogP contribution is 2.36. The van der Waals surface area contributed by atoms with Gasteiger partial charge in [-0.3, -0.25) is 4.98 Å². The molecule has 0 radical (unpaired) electrons. The number of nitrogens with zero attached hydrogens (tertiary/aromatic N) is 3. The van der Waals surface area contributed by atoms with Gasteiger partial charge >= 0.3 is 0 Å². The smallest absolute Gasteiger partial charge is 0.140 e. The van der Waals surface area contributed by atoms with Crippen molar-refractivity contribution in [3.05, 3.63) is 66.7 Å². The molecule has 2 saturated heterocycles. The lowest BCUT2D eigenvalue weighted by Gasteiger charge is -2.20. The van der Waals surface area contributed by atoms with Gasteiger partial charge in [-0.05, 0) is 24.3 Å². The maximum Gasteiger partial charge on any atom is 0.140 e. The van der Waals surface area contributed by atoms with Crippen LogP contribution in [0.15, 0.2) is 61.1 Å². The van der Waals surface area contributed by atoms with Gasteiger partial charge in [-0.1, -0.05) is 18.2 Å². The zero-order valence-electron chi connectivity index (χ0n) is 15.2. The van der Waals surface area contributed by atoms with Gasteiger partial charge in [-0.15, -0.1) is 0 Å². The lowest BCUT2D eigenvalue weighted by molar-refractivity contribution is 0.0172. The molecule has 2 aliphatic rings. The Kier molecular flexibility index (Phi) is 4.56. The van der Waals surface area contributed by atoms with Gasteiger partial charge in [0.1, 0.15) is 36.5 Å². The van der Waals surface area contributed by atoms with Crippen molar-refractivity contribution in [2.75, 3.05) is 13.2 Å². The van der Waals surface area contributed by atoms with Gasteiger partial charge in [0, 0.05) is 24.2 Å². The molecular formula is C21H21N3O4. The Morgan fingerprint density at radius 1 is 1.04 bits per heavy atom. The van der Waals surface area contributed by atoms with Crippen molar-refractivity contribution in [1.29, 1.82) is 0 Å². The van der Waals surface area contributed by atoms with Crippen molar-refractivity contribution >= 4 is 0 Å². The molecule has 0 saturated carbocycles. The molecule has 2 fully saturated rings. The fraction of sp³-hybridized carbons (Fsp3) is 0.333. The van der Waals surface area contributed by atoms with Crippen LogP contribution in [0.1, 0.15) is 11.7 Å². The average molecular weight is 379 g/mol. The first kappa shape index (κ1) is 17.4. The number of pyridine rings is 1. The van der Waals surface area contributed by atoms with Crippen LogP contribution in [-0.2, 0) is 16.1 Å². The summed E-state index contributed by atoms with van der Waals surface area (Å²) in [6, 6.07) is 13.6. The summed E-state index contributed by atoms with van der Waals surface area (Å²) in [6.45, 7) is 1.21. The Bertz CT molecular complexity index is 946. The number of rotatable bonds is 5. The Hall–Kier alpha value is -2.74. The van der Waals surface area contributed by atoms with E-state index in [9.17, 15) is 5.11 Å². The fourth-order valence-corrected chi connectivity index (χ4v) is 3.87. The SMILES string of the molecule is O[C@@H]1CO[C@H]2[C@@H]1OC[C@@H]2n1ccnc1-c1cccc(OCc2ccccn2)c1. The van der Waals surface area contributed by atoms with Gasteiger partial charge in [0.25, 0.3) is 0 Å². The molecule has 1 N–H and O–H groups in total. The van der Waals surface area contributed by atoms with Crippen molar-refractivity contribution in [2.45, 2.75) is 31.0 Å². The van der Waals surface area contributed by atoms with E-state index < -0.39 is 6.10 Å². The third kappa shape index (κ3) is 3.17. The number of aromatic nitrogens is 3. The van der Waals surface area contributed by atoms with E-state index in [0.29, 0.717) is 19.8 Å². The molecule has 2 aromatic heterocycles. The van der Waals surface area contributed by atoms with Gasteiger partial charge in [0.2, 0.25) is 0 Å². The van der Waals surface area contributed by atoms with Gasteiger partial charge in [0.05, 0.1) is 24.9 Å². The maximum absolute atomic E-state index is 9.99. The van der Waals surface area contributed by atoms with Crippen LogP contribution < -0.4 is 4.74 Å². The molecule has 28 heavy (non-hydrogen) atoms. The summed E-state index contributed by atoms with van der Waals surface area (Å²) < 4.78 is 19.5. The molecule has 4 atom stereocenters. The Balaban J connectivity index is 1.37. The van der Waals surface area contributed by atoms with Gasteiger partial charge < -0.3 is 23.9 Å². The van der Waals surface area contributed by atoms with Crippen LogP contribution in [0.5, 0.6) is 5.75 Å². The van der Waals surface area contributed by atoms with Crippen molar-refractivity contribution in [1.82, 2.24) is 14.5 Å². The second-order valence-electron chi connectivity index (χ2n) is 7.03. The van der Waals surface area contributed by atoms with Crippen molar-refractivity contribution < 1.29 is 19.3 Å². The summed E-state index contributed by atoms with van der Waals surface area (Å²) in [5.74, 6) is 1.58. The fourth-order valence-electron chi connectivity index (χ4n) is 3.87. The lowest BCUT2D eigenvalue weighted by Crippen LogP contribution is -2.30. The van der Waals surface area contributed by atoms with E-state index in [2.05, 4.69) is 14.5 Å². The largest absolute Gasteiger partial charge is 0.487 e. The summed E-state index contributed by atoms with van der Waals surface area (Å²) in [6.07, 6.45) is 4.46. The number of hydrogen-bond acceptors (Lipinski definition) is 6. The highest BCUT2D eigenvalue weighted by atomic mass is 16.6. The highest BCUT2D eigenvalue weighted by Gasteiger charge is 2.48. The second kappa shape index (κ2) is 7.35. The molecule has 7 nitrogen and oxygen atoms in total. The van der Waals surface area contributed by atoms with Crippen LogP contribution in [0.25, 0.3) is 11.4 Å². The van der Waals surface area contributed by atoms with E-state index in [4.69, 9.17) is 14.2 Å². The van der Waals surface area contributed by atoms with Gasteiger partial charge in [-0.2, -0.15) is 0 Å². The number of hydrogen-bond donors (Lipinski definition) is 1. The van der Waals surface area contributed by atoms with Crippen LogP contribution in [0.2, 0.25) is 0 Å². The molecule has 1 aromatic carbocycles. The Labute approximate surface area is 162 Å². The summed E-state index contributed by atoms with van der Waals surface area (Å²) in [7, 11) is 0. The molecule has 7 heteroatoms. The minimum atomic E-state index is -0.565. The van der Waals surface area contributed by atoms with E-state index in [-0.39, 0.29) is 18.2 Å². The van der Waals surface area contributed by atoms with Crippen LogP contribution in [0.3, 0.4) is 0 Å². The highest BCUT2D eigenvalue weighted by molar-refractivity contribution is 5.58. The van der Waals surface area contributed by atoms with Crippen LogP contribution in [-0.4, -0.2) is 51.2 Å². The molecule has 0 bridgehead atoms. The van der Waals surface area contributed by atoms with E-state index in [1.54, 1.807) is 12.4 Å². The van der Waals surface area contributed by atoms with Gasteiger partial charge in [0.15, 0.2) is 0 Å². The second-order valence-corrected chi connectivity index (χ2v) is 7.03. The molecular weight excluding hydrogens is 358 g/mol. The maximum atomic E-state index is 9.99. The third-order valence-corrected chi connectivity index (χ3v) is 5.23. The molecule has 2 aliphatic heterocycles. The minimum absolute atomic E-state index is 0.0160. The summed E-state index contributed by atoms with van der Waals surface area (Å²) in [5, 5.41) is 9.99. The molecule has 0 spiro atoms. The van der Waals surface area contributed by atoms with E-state index in [0.717, 1.165) is 22.8 Å². The third-order valence-electron chi connectivity index (χ3n) is 5.23. The first-order valence-corrected chi connectivity index (χ1v) is 9.37. The standard InChI is InChI=1S/C21H21N3O4/c25-18-13-28-19-17(12-27-20(18)19)24-9-8-23-21(24)14-4-3-6-16(10-14)26-11-15-5-1-2-7-22-15/h1-10,17-20,25H,11-13H2/t17-,18+,19+,20+/m0/s1. The predicted octanol–water partition coefficient (Wildman–Crippen LogP) is 2.22. The van der Waals surface area contributed by atoms with Crippen molar-refractivity contribution in [2.24, 2.45) is 0 Å². The number of aliphatic hydroxyl groups is 1. The van der Waals surface area contributed by atoms with Crippen molar-refractivity contribution in [3.63, 3.8) is 0 Å². The zero-order valence-corrected chi connectivity index (χ0v) is 15.2. The zero-order chi connectivity index (χ0) is 18.9. The van der Waals surface area contributed by atoms with Crippen molar-refractivity contribution in [3.8, 4) is 17.1 Å². The first-order valence-electron chi connectivity index (χ1n) is 9.37. The molecule has 0 amide bonds. The van der Waals surface area contributed by atoms with Crippen LogP contribution >= 0.6 is 0 Å². The topological polar surface area (TPSA) is 78.6 Å². The first-order chi connectivity index (χ1) is 13.8. The van der Waals surface area contributed by atoms with Crippen LogP contribution in [0, 0.1) is 0 Å². The summed E-state index contributed by atoms with van der Waals surface area (Å²) in [4.78, 5) is 8.82. The molecule has 5 rings (SSSR count). The average Bonchev–Trinajstić information content (AvgIpc) is 3.45. The van der Waals surface area contributed by atoms with E-state index in [1.807, 2.05) is 48.7 Å². The summed E-state index contributed by atoms with van der Waals surface area (Å²) >= 11 is 0. The predicted molar refractivity (Wildman–Crippen MR) is 101 cm³/mol. The molecule has 0 aliphatic carbocycles. The van der Waals surface area contributed by atoms with Crippen LogP contribution in [0.4, 0.5) is 0 Å². The quantitative estimate of drug-likeness (QED) is 0.732. The summed E-state index contributed by atoms with van der Waals surface area (Å²) in [5.41, 5.74) is 1.83. The minimum Gasteiger partial charge on any atom is -0.487 e.